The number of rotatable bonds is 6. The van der Waals surface area contributed by atoms with Crippen molar-refractivity contribution in [1.29, 1.82) is 0 Å². The van der Waals surface area contributed by atoms with Crippen molar-refractivity contribution in [2.45, 2.75) is 51.3 Å². The highest BCUT2D eigenvalue weighted by molar-refractivity contribution is 5.22. The summed E-state index contributed by atoms with van der Waals surface area (Å²) in [5.41, 5.74) is 2.39. The molecule has 1 aliphatic rings. The third-order valence-electron chi connectivity index (χ3n) is 4.57. The maximum Gasteiger partial charge on any atom is 0.103 e. The Kier molecular flexibility index (Phi) is 4.64. The van der Waals surface area contributed by atoms with Gasteiger partial charge in [0.05, 0.1) is 12.5 Å². The van der Waals surface area contributed by atoms with Crippen LogP contribution in [0.4, 0.5) is 0 Å². The van der Waals surface area contributed by atoms with E-state index in [2.05, 4.69) is 24.3 Å². The van der Waals surface area contributed by atoms with Crippen molar-refractivity contribution in [3.8, 4) is 0 Å². The van der Waals surface area contributed by atoms with Crippen molar-refractivity contribution in [2.24, 2.45) is 7.05 Å². The first-order valence-electron chi connectivity index (χ1n) is 8.03. The third-order valence-corrected chi connectivity index (χ3v) is 4.57. The molecular formula is C17H25N3O2. The molecule has 3 rings (SSSR count). The minimum Gasteiger partial charge on any atom is -0.469 e. The summed E-state index contributed by atoms with van der Waals surface area (Å²) in [5, 5.41) is 8.06. The summed E-state index contributed by atoms with van der Waals surface area (Å²) in [4.78, 5) is 0. The zero-order valence-corrected chi connectivity index (χ0v) is 13.6. The smallest absolute Gasteiger partial charge is 0.103 e. The van der Waals surface area contributed by atoms with E-state index in [0.717, 1.165) is 31.6 Å². The zero-order valence-electron chi connectivity index (χ0n) is 13.6. The van der Waals surface area contributed by atoms with Crippen LogP contribution in [0.15, 0.2) is 29.0 Å². The Morgan fingerprint density at radius 1 is 1.50 bits per heavy atom. The van der Waals surface area contributed by atoms with Crippen LogP contribution < -0.4 is 5.32 Å². The van der Waals surface area contributed by atoms with E-state index in [1.54, 1.807) is 6.26 Å². The van der Waals surface area contributed by atoms with Crippen LogP contribution in [0, 0.1) is 6.92 Å². The fraction of sp³-hybridized carbons (Fsp3) is 0.588. The minimum atomic E-state index is 0.111. The van der Waals surface area contributed by atoms with E-state index < -0.39 is 0 Å². The Morgan fingerprint density at radius 3 is 3.05 bits per heavy atom. The summed E-state index contributed by atoms with van der Waals surface area (Å²) in [6, 6.07) is 4.76. The van der Waals surface area contributed by atoms with Gasteiger partial charge in [0.1, 0.15) is 11.9 Å². The van der Waals surface area contributed by atoms with Crippen LogP contribution in [0.3, 0.4) is 0 Å². The van der Waals surface area contributed by atoms with E-state index >= 15 is 0 Å². The van der Waals surface area contributed by atoms with Gasteiger partial charge in [-0.15, -0.1) is 0 Å². The quantitative estimate of drug-likeness (QED) is 0.891. The highest BCUT2D eigenvalue weighted by Gasteiger charge is 2.32. The van der Waals surface area contributed by atoms with Crippen LogP contribution in [0.1, 0.15) is 42.9 Å². The number of furan rings is 1. The van der Waals surface area contributed by atoms with Crippen LogP contribution >= 0.6 is 0 Å². The van der Waals surface area contributed by atoms with Crippen LogP contribution in [0.2, 0.25) is 0 Å². The van der Waals surface area contributed by atoms with E-state index in [4.69, 9.17) is 9.15 Å². The molecular weight excluding hydrogens is 278 g/mol. The Morgan fingerprint density at radius 2 is 2.36 bits per heavy atom. The second kappa shape index (κ2) is 6.67. The topological polar surface area (TPSA) is 52.2 Å². The Balaban J connectivity index is 1.57. The number of aromatic nitrogens is 2. The predicted molar refractivity (Wildman–Crippen MR) is 84.7 cm³/mol. The molecule has 1 saturated heterocycles. The summed E-state index contributed by atoms with van der Waals surface area (Å²) < 4.78 is 13.3. The van der Waals surface area contributed by atoms with Gasteiger partial charge in [-0.2, -0.15) is 5.10 Å². The first-order chi connectivity index (χ1) is 10.6. The Bertz CT molecular complexity index is 591. The summed E-state index contributed by atoms with van der Waals surface area (Å²) in [7, 11) is 1.97. The van der Waals surface area contributed by atoms with Gasteiger partial charge in [0.25, 0.3) is 0 Å². The molecule has 2 aromatic heterocycles. The lowest BCUT2D eigenvalue weighted by molar-refractivity contribution is 0.0959. The van der Waals surface area contributed by atoms with Crippen LogP contribution in [-0.4, -0.2) is 28.5 Å². The molecule has 22 heavy (non-hydrogen) atoms. The van der Waals surface area contributed by atoms with Gasteiger partial charge in [-0.3, -0.25) is 4.68 Å². The van der Waals surface area contributed by atoms with Crippen molar-refractivity contribution >= 4 is 0 Å². The molecule has 3 atom stereocenters. The first-order valence-corrected chi connectivity index (χ1v) is 8.03. The molecule has 0 aliphatic carbocycles. The molecule has 1 aliphatic heterocycles. The second-order valence-electron chi connectivity index (χ2n) is 6.18. The molecule has 0 amide bonds. The number of nitrogens with one attached hydrogen (secondary N) is 1. The van der Waals surface area contributed by atoms with Gasteiger partial charge < -0.3 is 14.5 Å². The Labute approximate surface area is 131 Å². The number of hydrogen-bond donors (Lipinski definition) is 1. The minimum absolute atomic E-state index is 0.111. The normalized spacial score (nSPS) is 23.0. The summed E-state index contributed by atoms with van der Waals surface area (Å²) in [6.07, 6.45) is 6.85. The molecule has 0 unspecified atom stereocenters. The van der Waals surface area contributed by atoms with Crippen LogP contribution in [0.25, 0.3) is 0 Å². The monoisotopic (exact) mass is 303 g/mol. The van der Waals surface area contributed by atoms with Gasteiger partial charge in [0.15, 0.2) is 0 Å². The van der Waals surface area contributed by atoms with Crippen molar-refractivity contribution < 1.29 is 9.15 Å². The summed E-state index contributed by atoms with van der Waals surface area (Å²) in [5.74, 6) is 1.05. The lowest BCUT2D eigenvalue weighted by Crippen LogP contribution is -2.38. The first kappa shape index (κ1) is 15.3. The summed E-state index contributed by atoms with van der Waals surface area (Å²) >= 11 is 0. The number of ether oxygens (including phenoxy) is 1. The molecule has 0 saturated carbocycles. The molecule has 5 heteroatoms. The fourth-order valence-electron chi connectivity index (χ4n) is 3.12. The lowest BCUT2D eigenvalue weighted by atomic mass is 10.0. The molecule has 0 bridgehead atoms. The molecule has 0 radical (unpaired) electrons. The van der Waals surface area contributed by atoms with E-state index in [0.29, 0.717) is 12.1 Å². The van der Waals surface area contributed by atoms with Gasteiger partial charge in [0.2, 0.25) is 0 Å². The Hall–Kier alpha value is -1.59. The maximum absolute atomic E-state index is 5.96. The SMILES string of the molecule is Cc1c([C@H]2OCC[C@@H]2N[C@H](C)CCc2ccco2)cnn1C. The van der Waals surface area contributed by atoms with Gasteiger partial charge in [-0.1, -0.05) is 0 Å². The molecule has 1 fully saturated rings. The highest BCUT2D eigenvalue weighted by Crippen LogP contribution is 2.31. The van der Waals surface area contributed by atoms with Crippen LogP contribution in [-0.2, 0) is 18.2 Å². The van der Waals surface area contributed by atoms with Gasteiger partial charge >= 0.3 is 0 Å². The summed E-state index contributed by atoms with van der Waals surface area (Å²) in [6.45, 7) is 5.14. The van der Waals surface area contributed by atoms with E-state index in [1.165, 1.54) is 11.3 Å². The fourth-order valence-corrected chi connectivity index (χ4v) is 3.12. The van der Waals surface area contributed by atoms with E-state index in [9.17, 15) is 0 Å². The molecule has 0 aromatic carbocycles. The molecule has 0 spiro atoms. The molecule has 5 nitrogen and oxygen atoms in total. The van der Waals surface area contributed by atoms with Gasteiger partial charge in [0, 0.05) is 43.4 Å². The maximum atomic E-state index is 5.96. The molecule has 3 heterocycles. The highest BCUT2D eigenvalue weighted by atomic mass is 16.5. The van der Waals surface area contributed by atoms with Gasteiger partial charge in [-0.05, 0) is 38.8 Å². The van der Waals surface area contributed by atoms with Crippen molar-refractivity contribution in [1.82, 2.24) is 15.1 Å². The average Bonchev–Trinajstić information content (AvgIpc) is 3.21. The van der Waals surface area contributed by atoms with Crippen molar-refractivity contribution in [3.63, 3.8) is 0 Å². The molecule has 1 N–H and O–H groups in total. The number of aryl methyl sites for hydroxylation is 2. The molecule has 120 valence electrons. The van der Waals surface area contributed by atoms with E-state index in [1.807, 2.05) is 30.1 Å². The molecule has 2 aromatic rings. The van der Waals surface area contributed by atoms with Crippen LogP contribution in [0.5, 0.6) is 0 Å². The zero-order chi connectivity index (χ0) is 15.5. The van der Waals surface area contributed by atoms with Gasteiger partial charge in [-0.25, -0.2) is 0 Å². The van der Waals surface area contributed by atoms with Crippen molar-refractivity contribution in [2.75, 3.05) is 6.61 Å². The standard InChI is InChI=1S/C17H25N3O2/c1-12(6-7-14-5-4-9-21-14)19-16-8-10-22-17(16)15-11-18-20(3)13(15)2/h4-5,9,11-12,16-17,19H,6-8,10H2,1-3H3/t12-,16+,17-/m1/s1. The predicted octanol–water partition coefficient (Wildman–Crippen LogP) is 2.76. The lowest BCUT2D eigenvalue weighted by Gasteiger charge is -2.24. The number of hydrogen-bond acceptors (Lipinski definition) is 4. The largest absolute Gasteiger partial charge is 0.469 e. The van der Waals surface area contributed by atoms with E-state index in [-0.39, 0.29) is 6.10 Å². The average molecular weight is 303 g/mol. The number of nitrogens with zero attached hydrogens (tertiary/aromatic N) is 2. The third kappa shape index (κ3) is 3.25. The second-order valence-corrected chi connectivity index (χ2v) is 6.18. The van der Waals surface area contributed by atoms with Crippen molar-refractivity contribution in [3.05, 3.63) is 41.6 Å².